The van der Waals surface area contributed by atoms with Crippen molar-refractivity contribution in [2.75, 3.05) is 0 Å². The molecule has 0 aliphatic rings. The molecule has 0 atom stereocenters. The molecule has 0 saturated heterocycles. The van der Waals surface area contributed by atoms with Crippen LogP contribution in [0.15, 0.2) is 93.5 Å². The van der Waals surface area contributed by atoms with E-state index in [0.29, 0.717) is 5.56 Å². The zero-order valence-electron chi connectivity index (χ0n) is 19.5. The molecule has 0 bridgehead atoms. The summed E-state index contributed by atoms with van der Waals surface area (Å²) >= 11 is 0. The number of aryl methyl sites for hydroxylation is 2. The van der Waals surface area contributed by atoms with Gasteiger partial charge >= 0.3 is 33.4 Å². The van der Waals surface area contributed by atoms with Gasteiger partial charge in [-0.15, -0.1) is 8.42 Å². The summed E-state index contributed by atoms with van der Waals surface area (Å²) < 4.78 is 152. The zero-order valence-corrected chi connectivity index (χ0v) is 21.1. The summed E-state index contributed by atoms with van der Waals surface area (Å²) in [5.74, 6) is -14.8. The molecule has 3 rings (SSSR count). The highest BCUT2D eigenvalue weighted by Gasteiger charge is 2.88. The van der Waals surface area contributed by atoms with Gasteiger partial charge in [-0.25, -0.2) is 0 Å². The van der Waals surface area contributed by atoms with Crippen molar-refractivity contribution < 1.29 is 51.6 Å². The van der Waals surface area contributed by atoms with E-state index in [-0.39, 0.29) is 20.2 Å². The highest BCUT2D eigenvalue weighted by atomic mass is 32.3. The largest absolute Gasteiger partial charge is 0.486 e. The van der Waals surface area contributed by atoms with Gasteiger partial charge in [0.15, 0.2) is 0 Å². The van der Waals surface area contributed by atoms with Crippen LogP contribution in [0.5, 0.6) is 0 Å². The summed E-state index contributed by atoms with van der Waals surface area (Å²) in [5.41, 5.74) is 0.924. The van der Waals surface area contributed by atoms with E-state index >= 15 is 0 Å². The highest BCUT2D eigenvalue weighted by Crippen LogP contribution is 2.70. The molecular formula is C24H20F9O3S2+. The monoisotopic (exact) mass is 591 g/mol. The van der Waals surface area contributed by atoms with Gasteiger partial charge in [-0.2, -0.15) is 39.5 Å². The molecule has 0 fully saturated rings. The van der Waals surface area contributed by atoms with E-state index in [0.717, 1.165) is 0 Å². The van der Waals surface area contributed by atoms with Gasteiger partial charge in [0, 0.05) is 0 Å². The molecule has 0 aliphatic carbocycles. The van der Waals surface area contributed by atoms with E-state index in [4.69, 9.17) is 0 Å². The Bertz CT molecular complexity index is 1350. The standard InChI is InChI=1S/C24H19F9O3S2/c1-16-13-14-20(17(2)15-16)37(18-9-5-3-6-10-18,19-11-7-4-8-12-19)36-38(34,35)24(32,33)22(27,28)21(25,26)23(29,30)31/h3-15H,1-2H3/p+1. The van der Waals surface area contributed by atoms with Crippen molar-refractivity contribution in [3.63, 3.8) is 0 Å². The van der Waals surface area contributed by atoms with Crippen LogP contribution in [0.1, 0.15) is 11.1 Å². The average Bonchev–Trinajstić information content (AvgIpc) is 2.83. The van der Waals surface area contributed by atoms with Crippen LogP contribution in [0.3, 0.4) is 0 Å². The first-order valence-corrected chi connectivity index (χ1v) is 13.6. The van der Waals surface area contributed by atoms with E-state index in [2.05, 4.69) is 3.63 Å². The van der Waals surface area contributed by atoms with Crippen molar-refractivity contribution in [1.29, 1.82) is 0 Å². The van der Waals surface area contributed by atoms with Gasteiger partial charge in [0.25, 0.3) is 0 Å². The Hall–Kier alpha value is -2.71. The van der Waals surface area contributed by atoms with Crippen molar-refractivity contribution in [3.05, 3.63) is 90.0 Å². The van der Waals surface area contributed by atoms with Gasteiger partial charge < -0.3 is 0 Å². The molecule has 0 radical (unpaired) electrons. The summed E-state index contributed by atoms with van der Waals surface area (Å²) in [7, 11) is -11.0. The first-order valence-electron chi connectivity index (χ1n) is 10.5. The Labute approximate surface area is 213 Å². The number of halogens is 9. The molecule has 14 heteroatoms. The lowest BCUT2D eigenvalue weighted by Gasteiger charge is -2.38. The lowest BCUT2D eigenvalue weighted by molar-refractivity contribution is -0.382. The summed E-state index contributed by atoms with van der Waals surface area (Å²) in [6.07, 6.45) is -7.19. The maximum atomic E-state index is 14.8. The molecule has 208 valence electrons. The van der Waals surface area contributed by atoms with Crippen LogP contribution in [0, 0.1) is 13.8 Å². The van der Waals surface area contributed by atoms with E-state index in [1.165, 1.54) is 85.8 Å². The van der Waals surface area contributed by atoms with Crippen LogP contribution in [-0.2, 0) is 10.1 Å². The van der Waals surface area contributed by atoms with Gasteiger partial charge in [-0.1, -0.05) is 54.1 Å². The lowest BCUT2D eigenvalue weighted by Crippen LogP contribution is -2.63. The van der Waals surface area contributed by atoms with E-state index < -0.39 is 43.7 Å². The number of benzene rings is 3. The van der Waals surface area contributed by atoms with E-state index in [1.807, 2.05) is 0 Å². The van der Waals surface area contributed by atoms with Gasteiger partial charge in [-0.05, 0) is 49.7 Å². The SMILES string of the molecule is Cc1ccc(S([OH+]S(=O)(=O)C(F)(F)C(F)(F)C(F)(F)C(F)(F)F)(c2ccccc2)c2ccccc2)c(C)c1. The molecule has 0 heterocycles. The number of hydrogen-bond acceptors (Lipinski definition) is 2. The predicted molar refractivity (Wildman–Crippen MR) is 124 cm³/mol. The number of rotatable bonds is 8. The van der Waals surface area contributed by atoms with Gasteiger partial charge in [0.05, 0.1) is 25.0 Å². The maximum absolute atomic E-state index is 14.8. The van der Waals surface area contributed by atoms with Crippen molar-refractivity contribution in [1.82, 2.24) is 0 Å². The molecule has 0 unspecified atom stereocenters. The fourth-order valence-electron chi connectivity index (χ4n) is 3.60. The van der Waals surface area contributed by atoms with Crippen molar-refractivity contribution in [3.8, 4) is 0 Å². The Morgan fingerprint density at radius 1 is 0.632 bits per heavy atom. The van der Waals surface area contributed by atoms with E-state index in [1.54, 1.807) is 6.92 Å². The normalized spacial score (nSPS) is 14.4. The molecule has 0 aromatic heterocycles. The van der Waals surface area contributed by atoms with Crippen molar-refractivity contribution in [2.24, 2.45) is 0 Å². The first kappa shape index (κ1) is 29.8. The van der Waals surface area contributed by atoms with Gasteiger partial charge in [0.1, 0.15) is 0 Å². The molecule has 0 amide bonds. The smallest absolute Gasteiger partial charge is 0.257 e. The molecule has 38 heavy (non-hydrogen) atoms. The number of alkyl halides is 9. The molecule has 3 aromatic carbocycles. The van der Waals surface area contributed by atoms with Crippen molar-refractivity contribution in [2.45, 2.75) is 51.8 Å². The molecule has 0 spiro atoms. The fraction of sp³-hybridized carbons (Fsp3) is 0.250. The van der Waals surface area contributed by atoms with Crippen LogP contribution >= 0.6 is 10.3 Å². The minimum Gasteiger partial charge on any atom is -0.257 e. The second kappa shape index (κ2) is 9.79. The Morgan fingerprint density at radius 3 is 1.47 bits per heavy atom. The summed E-state index contributed by atoms with van der Waals surface area (Å²) in [5, 5.41) is -6.96. The molecule has 3 aromatic rings. The highest BCUT2D eigenvalue weighted by molar-refractivity contribution is 8.32. The Morgan fingerprint density at radius 2 is 1.08 bits per heavy atom. The summed E-state index contributed by atoms with van der Waals surface area (Å²) in [6, 6.07) is 17.8. The second-order valence-corrected chi connectivity index (χ2v) is 12.8. The fourth-order valence-corrected chi connectivity index (χ4v) is 9.28. The minimum absolute atomic E-state index is 0.0363. The molecule has 0 saturated carbocycles. The topological polar surface area (TPSA) is 46.9 Å². The summed E-state index contributed by atoms with van der Waals surface area (Å²) in [4.78, 5) is -0.197. The van der Waals surface area contributed by atoms with Crippen LogP contribution in [0.2, 0.25) is 0 Å². The summed E-state index contributed by atoms with van der Waals surface area (Å²) in [6.45, 7) is 3.11. The zero-order chi connectivity index (χ0) is 28.8. The van der Waals surface area contributed by atoms with Crippen molar-refractivity contribution >= 4 is 20.4 Å². The van der Waals surface area contributed by atoms with E-state index in [9.17, 15) is 47.9 Å². The Balaban J connectivity index is 2.39. The maximum Gasteiger partial charge on any atom is 0.486 e. The third-order valence-electron chi connectivity index (χ3n) is 5.47. The number of hydrogen-bond donors (Lipinski definition) is 0. The van der Waals surface area contributed by atoms with Crippen LogP contribution < -0.4 is 0 Å². The second-order valence-electron chi connectivity index (χ2n) is 8.19. The molecule has 1 N–H and O–H groups in total. The Kier molecular flexibility index (Phi) is 7.69. The third kappa shape index (κ3) is 4.66. The predicted octanol–water partition coefficient (Wildman–Crippen LogP) is 8.35. The minimum atomic E-state index is -7.40. The van der Waals surface area contributed by atoms with Gasteiger partial charge in [-0.3, -0.25) is 3.63 Å². The molecule has 0 aliphatic heterocycles. The average molecular weight is 592 g/mol. The quantitative estimate of drug-likeness (QED) is 0.150. The van der Waals surface area contributed by atoms with Crippen LogP contribution in [0.25, 0.3) is 0 Å². The molecule has 3 nitrogen and oxygen atoms in total. The molecular weight excluding hydrogens is 571 g/mol. The first-order chi connectivity index (χ1) is 17.3. The third-order valence-corrected chi connectivity index (χ3v) is 11.1. The van der Waals surface area contributed by atoms with Gasteiger partial charge in [0.2, 0.25) is 0 Å². The van der Waals surface area contributed by atoms with Crippen LogP contribution in [0.4, 0.5) is 39.5 Å². The lowest BCUT2D eigenvalue weighted by atomic mass is 10.1. The van der Waals surface area contributed by atoms with Crippen LogP contribution in [-0.4, -0.2) is 35.3 Å².